The maximum atomic E-state index is 12.8. The van der Waals surface area contributed by atoms with Gasteiger partial charge in [-0.15, -0.1) is 12.4 Å². The van der Waals surface area contributed by atoms with E-state index in [2.05, 4.69) is 0 Å². The molecule has 0 spiro atoms. The zero-order valence-corrected chi connectivity index (χ0v) is 16.7. The lowest BCUT2D eigenvalue weighted by molar-refractivity contribution is -0.140. The molecule has 2 heterocycles. The molecule has 2 fully saturated rings. The molecule has 7 heteroatoms. The van der Waals surface area contributed by atoms with Crippen molar-refractivity contribution in [2.75, 3.05) is 33.4 Å². The van der Waals surface area contributed by atoms with Crippen LogP contribution in [-0.2, 0) is 16.1 Å². The Morgan fingerprint density at radius 3 is 2.67 bits per heavy atom. The number of amides is 2. The van der Waals surface area contributed by atoms with Crippen LogP contribution in [0.4, 0.5) is 0 Å². The van der Waals surface area contributed by atoms with Crippen molar-refractivity contribution in [1.29, 1.82) is 0 Å². The van der Waals surface area contributed by atoms with Crippen LogP contribution in [0.2, 0.25) is 0 Å². The summed E-state index contributed by atoms with van der Waals surface area (Å²) in [4.78, 5) is 29.1. The van der Waals surface area contributed by atoms with Crippen molar-refractivity contribution in [3.63, 3.8) is 0 Å². The van der Waals surface area contributed by atoms with Gasteiger partial charge < -0.3 is 20.3 Å². The number of nitrogens with two attached hydrogens (primary N) is 1. The van der Waals surface area contributed by atoms with E-state index in [1.54, 1.807) is 7.11 Å². The summed E-state index contributed by atoms with van der Waals surface area (Å²) in [5, 5.41) is 0. The molecule has 0 saturated carbocycles. The van der Waals surface area contributed by atoms with E-state index >= 15 is 0 Å². The van der Waals surface area contributed by atoms with Gasteiger partial charge in [-0.2, -0.15) is 0 Å². The average Bonchev–Trinajstić information content (AvgIpc) is 2.69. The lowest BCUT2D eigenvalue weighted by atomic mass is 9.83. The molecule has 1 aromatic rings. The molecular formula is C20H30ClN3O3. The van der Waals surface area contributed by atoms with Crippen molar-refractivity contribution in [2.24, 2.45) is 11.7 Å². The topological polar surface area (TPSA) is 75.9 Å². The third-order valence-corrected chi connectivity index (χ3v) is 5.61. The third kappa shape index (κ3) is 5.00. The van der Waals surface area contributed by atoms with Gasteiger partial charge in [0.2, 0.25) is 5.91 Å². The summed E-state index contributed by atoms with van der Waals surface area (Å²) in [7, 11) is 1.69. The summed E-state index contributed by atoms with van der Waals surface area (Å²) in [6, 6.07) is 7.81. The maximum Gasteiger partial charge on any atom is 0.253 e. The van der Waals surface area contributed by atoms with Gasteiger partial charge in [-0.05, 0) is 42.9 Å². The minimum atomic E-state index is 0. The normalized spacial score (nSPS) is 22.2. The number of hydrogen-bond donors (Lipinski definition) is 1. The average molecular weight is 396 g/mol. The number of likely N-dealkylation sites (tertiary alicyclic amines) is 2. The second kappa shape index (κ2) is 10.1. The Labute approximate surface area is 167 Å². The molecular weight excluding hydrogens is 366 g/mol. The van der Waals surface area contributed by atoms with Crippen LogP contribution in [0, 0.1) is 5.92 Å². The summed E-state index contributed by atoms with van der Waals surface area (Å²) in [5.74, 6) is 0.700. The minimum absolute atomic E-state index is 0. The Morgan fingerprint density at radius 1 is 1.26 bits per heavy atom. The van der Waals surface area contributed by atoms with E-state index in [-0.39, 0.29) is 30.3 Å². The largest absolute Gasteiger partial charge is 0.385 e. The fraction of sp³-hybridized carbons (Fsp3) is 0.600. The number of ether oxygens (including phenoxy) is 1. The highest BCUT2D eigenvalue weighted by Gasteiger charge is 2.40. The van der Waals surface area contributed by atoms with E-state index in [1.807, 2.05) is 34.1 Å². The van der Waals surface area contributed by atoms with Crippen molar-refractivity contribution >= 4 is 24.2 Å². The van der Waals surface area contributed by atoms with Crippen LogP contribution in [-0.4, -0.2) is 61.0 Å². The Bertz CT molecular complexity index is 638. The fourth-order valence-corrected chi connectivity index (χ4v) is 4.17. The standard InChI is InChI=1S/C20H29N3O3.ClH/c1-26-12-2-10-23-18-9-11-22(14-17(18)7-8-19(23)24)20(25)16-5-3-15(13-21)4-6-16;/h3-6,17-18H,2,7-14,21H2,1H3;1H/t17-,18+;/m0./s1. The number of piperidine rings is 2. The van der Waals surface area contributed by atoms with Gasteiger partial charge >= 0.3 is 0 Å². The highest BCUT2D eigenvalue weighted by atomic mass is 35.5. The van der Waals surface area contributed by atoms with Crippen molar-refractivity contribution in [1.82, 2.24) is 9.80 Å². The first kappa shape index (κ1) is 21.7. The molecule has 150 valence electrons. The van der Waals surface area contributed by atoms with Crippen molar-refractivity contribution in [3.8, 4) is 0 Å². The van der Waals surface area contributed by atoms with E-state index < -0.39 is 0 Å². The molecule has 0 aromatic heterocycles. The SMILES string of the molecule is COCCCN1C(=O)CC[C@H]2CN(C(=O)c3ccc(CN)cc3)CC[C@H]21.Cl. The molecule has 0 aliphatic carbocycles. The van der Waals surface area contributed by atoms with Gasteiger partial charge in [0, 0.05) is 57.9 Å². The first-order chi connectivity index (χ1) is 12.6. The number of nitrogens with zero attached hydrogens (tertiary/aromatic N) is 2. The maximum absolute atomic E-state index is 12.8. The van der Waals surface area contributed by atoms with Crippen LogP contribution in [0.25, 0.3) is 0 Å². The Hall–Kier alpha value is -1.63. The molecule has 2 aliphatic heterocycles. The number of benzene rings is 1. The van der Waals surface area contributed by atoms with Crippen molar-refractivity contribution in [3.05, 3.63) is 35.4 Å². The van der Waals surface area contributed by atoms with Crippen molar-refractivity contribution < 1.29 is 14.3 Å². The summed E-state index contributed by atoms with van der Waals surface area (Å²) < 4.78 is 5.12. The predicted molar refractivity (Wildman–Crippen MR) is 107 cm³/mol. The number of methoxy groups -OCH3 is 1. The zero-order chi connectivity index (χ0) is 18.5. The van der Waals surface area contributed by atoms with Gasteiger partial charge in [-0.25, -0.2) is 0 Å². The molecule has 0 radical (unpaired) electrons. The van der Waals surface area contributed by atoms with Gasteiger partial charge in [-0.1, -0.05) is 12.1 Å². The quantitative estimate of drug-likeness (QED) is 0.748. The highest BCUT2D eigenvalue weighted by Crippen LogP contribution is 2.32. The smallest absolute Gasteiger partial charge is 0.253 e. The molecule has 0 bridgehead atoms. The zero-order valence-electron chi connectivity index (χ0n) is 15.9. The molecule has 2 amide bonds. The van der Waals surface area contributed by atoms with Gasteiger partial charge in [0.05, 0.1) is 0 Å². The van der Waals surface area contributed by atoms with E-state index in [0.29, 0.717) is 37.6 Å². The molecule has 0 unspecified atom stereocenters. The highest BCUT2D eigenvalue weighted by molar-refractivity contribution is 5.94. The number of carbonyl (C=O) groups is 2. The Kier molecular flexibility index (Phi) is 8.07. The van der Waals surface area contributed by atoms with Crippen LogP contribution >= 0.6 is 12.4 Å². The summed E-state index contributed by atoms with van der Waals surface area (Å²) >= 11 is 0. The van der Waals surface area contributed by atoms with Crippen LogP contribution < -0.4 is 5.73 Å². The number of halogens is 1. The molecule has 2 N–H and O–H groups in total. The van der Waals surface area contributed by atoms with Crippen LogP contribution in [0.15, 0.2) is 24.3 Å². The third-order valence-electron chi connectivity index (χ3n) is 5.61. The van der Waals surface area contributed by atoms with E-state index in [1.165, 1.54) is 0 Å². The van der Waals surface area contributed by atoms with Crippen LogP contribution in [0.3, 0.4) is 0 Å². The minimum Gasteiger partial charge on any atom is -0.385 e. The number of carbonyl (C=O) groups excluding carboxylic acids is 2. The van der Waals surface area contributed by atoms with Gasteiger partial charge in [0.15, 0.2) is 0 Å². The number of hydrogen-bond acceptors (Lipinski definition) is 4. The van der Waals surface area contributed by atoms with E-state index in [9.17, 15) is 9.59 Å². The summed E-state index contributed by atoms with van der Waals surface area (Å²) in [6.07, 6.45) is 3.18. The van der Waals surface area contributed by atoms with Crippen LogP contribution in [0.1, 0.15) is 41.6 Å². The second-order valence-electron chi connectivity index (χ2n) is 7.24. The molecule has 2 atom stereocenters. The lowest BCUT2D eigenvalue weighted by Crippen LogP contribution is -2.57. The Morgan fingerprint density at radius 2 is 2.00 bits per heavy atom. The van der Waals surface area contributed by atoms with E-state index in [4.69, 9.17) is 10.5 Å². The van der Waals surface area contributed by atoms with Crippen molar-refractivity contribution in [2.45, 2.75) is 38.3 Å². The first-order valence-corrected chi connectivity index (χ1v) is 9.50. The second-order valence-corrected chi connectivity index (χ2v) is 7.24. The molecule has 1 aromatic carbocycles. The summed E-state index contributed by atoms with van der Waals surface area (Å²) in [5.41, 5.74) is 7.36. The van der Waals surface area contributed by atoms with E-state index in [0.717, 1.165) is 37.9 Å². The lowest BCUT2D eigenvalue weighted by Gasteiger charge is -2.47. The van der Waals surface area contributed by atoms with Gasteiger partial charge in [0.1, 0.15) is 0 Å². The first-order valence-electron chi connectivity index (χ1n) is 9.50. The Balaban J connectivity index is 0.00000261. The number of rotatable bonds is 6. The predicted octanol–water partition coefficient (Wildman–Crippen LogP) is 2.06. The molecule has 2 saturated heterocycles. The molecule has 2 aliphatic rings. The number of fused-ring (bicyclic) bond motifs is 1. The molecule has 27 heavy (non-hydrogen) atoms. The molecule has 6 nitrogen and oxygen atoms in total. The monoisotopic (exact) mass is 395 g/mol. The summed E-state index contributed by atoms with van der Waals surface area (Å²) in [6.45, 7) is 3.34. The van der Waals surface area contributed by atoms with Gasteiger partial charge in [-0.3, -0.25) is 9.59 Å². The van der Waals surface area contributed by atoms with Gasteiger partial charge in [0.25, 0.3) is 5.91 Å². The van der Waals surface area contributed by atoms with Crippen LogP contribution in [0.5, 0.6) is 0 Å². The fourth-order valence-electron chi connectivity index (χ4n) is 4.17. The molecule has 3 rings (SSSR count).